The zero-order chi connectivity index (χ0) is 17.8. The minimum atomic E-state index is -0.273. The molecule has 0 radical (unpaired) electrons. The average Bonchev–Trinajstić information content (AvgIpc) is 3.16. The molecule has 0 aliphatic carbocycles. The number of nitrogens with one attached hydrogen (secondary N) is 1. The van der Waals surface area contributed by atoms with Crippen LogP contribution in [0.2, 0.25) is 0 Å². The van der Waals surface area contributed by atoms with Crippen LogP contribution in [0.5, 0.6) is 5.75 Å². The van der Waals surface area contributed by atoms with E-state index in [1.807, 2.05) is 11.0 Å². The number of likely N-dealkylation sites (tertiary alicyclic amines) is 1. The molecule has 25 heavy (non-hydrogen) atoms. The van der Waals surface area contributed by atoms with Gasteiger partial charge in [0, 0.05) is 18.7 Å². The smallest absolute Gasteiger partial charge is 0.255 e. The molecule has 1 aliphatic heterocycles. The molecule has 0 saturated carbocycles. The number of hydrogen-bond donors (Lipinski definition) is 1. The molecular weight excluding hydrogens is 384 g/mol. The van der Waals surface area contributed by atoms with E-state index in [2.05, 4.69) is 21.2 Å². The minimum absolute atomic E-state index is 0.0377. The monoisotopic (exact) mass is 402 g/mol. The summed E-state index contributed by atoms with van der Waals surface area (Å²) < 4.78 is 5.87. The number of carbonyl (C=O) groups excluding carboxylic acids is 2. The second kappa shape index (κ2) is 7.70. The maximum Gasteiger partial charge on any atom is 0.255 e. The molecule has 0 atom stereocenters. The Morgan fingerprint density at radius 3 is 2.52 bits per heavy atom. The Bertz CT molecular complexity index is 801. The number of nitrogens with zero attached hydrogens (tertiary/aromatic N) is 1. The van der Waals surface area contributed by atoms with Crippen LogP contribution >= 0.6 is 15.9 Å². The average molecular weight is 403 g/mol. The molecule has 6 heteroatoms. The highest BCUT2D eigenvalue weighted by atomic mass is 79.9. The van der Waals surface area contributed by atoms with Crippen molar-refractivity contribution in [3.63, 3.8) is 0 Å². The first kappa shape index (κ1) is 17.5. The van der Waals surface area contributed by atoms with Crippen LogP contribution in [-0.4, -0.2) is 36.9 Å². The predicted molar refractivity (Wildman–Crippen MR) is 100 cm³/mol. The highest BCUT2D eigenvalue weighted by Gasteiger charge is 2.22. The van der Waals surface area contributed by atoms with Crippen LogP contribution in [0.4, 0.5) is 5.69 Å². The van der Waals surface area contributed by atoms with E-state index < -0.39 is 0 Å². The normalized spacial score (nSPS) is 13.6. The van der Waals surface area contributed by atoms with Gasteiger partial charge in [-0.3, -0.25) is 9.59 Å². The first-order valence-corrected chi connectivity index (χ1v) is 8.92. The Kier molecular flexibility index (Phi) is 5.38. The van der Waals surface area contributed by atoms with Crippen LogP contribution in [0, 0.1) is 0 Å². The quantitative estimate of drug-likeness (QED) is 0.841. The molecule has 1 aliphatic rings. The maximum absolute atomic E-state index is 12.7. The summed E-state index contributed by atoms with van der Waals surface area (Å²) in [5.41, 5.74) is 1.53. The van der Waals surface area contributed by atoms with E-state index in [4.69, 9.17) is 4.74 Å². The van der Waals surface area contributed by atoms with Crippen molar-refractivity contribution in [3.05, 3.63) is 58.1 Å². The molecule has 1 N–H and O–H groups in total. The lowest BCUT2D eigenvalue weighted by molar-refractivity contribution is 0.0794. The lowest BCUT2D eigenvalue weighted by Gasteiger charge is -2.18. The summed E-state index contributed by atoms with van der Waals surface area (Å²) in [7, 11) is 1.57. The van der Waals surface area contributed by atoms with Gasteiger partial charge in [-0.2, -0.15) is 0 Å². The third-order valence-corrected chi connectivity index (χ3v) is 4.83. The van der Waals surface area contributed by atoms with Gasteiger partial charge < -0.3 is 15.0 Å². The Balaban J connectivity index is 1.82. The largest absolute Gasteiger partial charge is 0.496 e. The predicted octanol–water partition coefficient (Wildman–Crippen LogP) is 3.95. The van der Waals surface area contributed by atoms with Crippen molar-refractivity contribution >= 4 is 33.4 Å². The molecule has 0 spiro atoms. The molecule has 130 valence electrons. The van der Waals surface area contributed by atoms with E-state index in [9.17, 15) is 9.59 Å². The number of hydrogen-bond acceptors (Lipinski definition) is 3. The summed E-state index contributed by atoms with van der Waals surface area (Å²) >= 11 is 3.38. The third kappa shape index (κ3) is 3.85. The topological polar surface area (TPSA) is 58.6 Å². The van der Waals surface area contributed by atoms with Gasteiger partial charge in [0.05, 0.1) is 22.8 Å². The summed E-state index contributed by atoms with van der Waals surface area (Å²) in [6, 6.07) is 12.2. The molecule has 1 saturated heterocycles. The van der Waals surface area contributed by atoms with Crippen LogP contribution < -0.4 is 10.1 Å². The minimum Gasteiger partial charge on any atom is -0.496 e. The first-order chi connectivity index (χ1) is 12.1. The molecule has 1 heterocycles. The molecule has 2 aromatic rings. The number of anilines is 1. The van der Waals surface area contributed by atoms with Gasteiger partial charge in [-0.15, -0.1) is 0 Å². The third-order valence-electron chi connectivity index (χ3n) is 4.21. The fourth-order valence-electron chi connectivity index (χ4n) is 2.87. The van der Waals surface area contributed by atoms with E-state index in [1.54, 1.807) is 43.5 Å². The number of rotatable bonds is 4. The highest BCUT2D eigenvalue weighted by Crippen LogP contribution is 2.26. The molecule has 2 aromatic carbocycles. The second-order valence-electron chi connectivity index (χ2n) is 5.85. The molecule has 0 unspecified atom stereocenters. The lowest BCUT2D eigenvalue weighted by Crippen LogP contribution is -2.28. The van der Waals surface area contributed by atoms with Crippen molar-refractivity contribution in [3.8, 4) is 5.75 Å². The molecule has 1 fully saturated rings. The summed E-state index contributed by atoms with van der Waals surface area (Å²) in [4.78, 5) is 27.1. The van der Waals surface area contributed by atoms with Crippen molar-refractivity contribution in [2.24, 2.45) is 0 Å². The molecule has 0 aromatic heterocycles. The Labute approximate surface area is 155 Å². The van der Waals surface area contributed by atoms with Gasteiger partial charge in [0.15, 0.2) is 0 Å². The molecule has 3 rings (SSSR count). The van der Waals surface area contributed by atoms with E-state index in [1.165, 1.54) is 0 Å². The Morgan fingerprint density at radius 1 is 1.12 bits per heavy atom. The van der Waals surface area contributed by atoms with Crippen molar-refractivity contribution in [2.45, 2.75) is 12.8 Å². The fourth-order valence-corrected chi connectivity index (χ4v) is 3.41. The zero-order valence-electron chi connectivity index (χ0n) is 13.9. The van der Waals surface area contributed by atoms with Gasteiger partial charge in [-0.1, -0.05) is 12.1 Å². The Morgan fingerprint density at radius 2 is 1.84 bits per heavy atom. The van der Waals surface area contributed by atoms with Crippen LogP contribution in [0.25, 0.3) is 0 Å². The van der Waals surface area contributed by atoms with Gasteiger partial charge in [0.2, 0.25) is 0 Å². The van der Waals surface area contributed by atoms with Gasteiger partial charge in [0.25, 0.3) is 11.8 Å². The van der Waals surface area contributed by atoms with Crippen molar-refractivity contribution in [1.82, 2.24) is 4.90 Å². The van der Waals surface area contributed by atoms with E-state index >= 15 is 0 Å². The Hall–Kier alpha value is -2.34. The number of para-hydroxylation sites is 1. The van der Waals surface area contributed by atoms with Crippen molar-refractivity contribution in [1.29, 1.82) is 0 Å². The second-order valence-corrected chi connectivity index (χ2v) is 6.70. The summed E-state index contributed by atoms with van der Waals surface area (Å²) in [5.74, 6) is 0.343. The number of methoxy groups -OCH3 is 1. The van der Waals surface area contributed by atoms with Gasteiger partial charge in [0.1, 0.15) is 5.75 Å². The first-order valence-electron chi connectivity index (χ1n) is 8.13. The maximum atomic E-state index is 12.7. The van der Waals surface area contributed by atoms with Crippen LogP contribution in [0.15, 0.2) is 46.9 Å². The van der Waals surface area contributed by atoms with Crippen molar-refractivity contribution < 1.29 is 14.3 Å². The molecule has 0 bridgehead atoms. The molecule has 2 amide bonds. The number of benzene rings is 2. The number of halogens is 1. The number of ether oxygens (including phenoxy) is 1. The van der Waals surface area contributed by atoms with E-state index in [0.29, 0.717) is 27.0 Å². The van der Waals surface area contributed by atoms with Gasteiger partial charge in [-0.05, 0) is 59.1 Å². The summed E-state index contributed by atoms with van der Waals surface area (Å²) in [5, 5.41) is 2.85. The number of amides is 2. The van der Waals surface area contributed by atoms with Crippen LogP contribution in [0.1, 0.15) is 33.6 Å². The standard InChI is InChI=1S/C19H19BrN2O3/c1-25-17-9-8-13(12-15(17)20)18(23)21-16-7-3-2-6-14(16)19(24)22-10-4-5-11-22/h2-3,6-9,12H,4-5,10-11H2,1H3,(H,21,23). The number of carbonyl (C=O) groups is 2. The van der Waals surface area contributed by atoms with E-state index in [-0.39, 0.29) is 11.8 Å². The lowest BCUT2D eigenvalue weighted by atomic mass is 10.1. The summed E-state index contributed by atoms with van der Waals surface area (Å²) in [6.07, 6.45) is 2.06. The van der Waals surface area contributed by atoms with Crippen molar-refractivity contribution in [2.75, 3.05) is 25.5 Å². The van der Waals surface area contributed by atoms with Gasteiger partial charge >= 0.3 is 0 Å². The molecular formula is C19H19BrN2O3. The SMILES string of the molecule is COc1ccc(C(=O)Nc2ccccc2C(=O)N2CCCC2)cc1Br. The van der Waals surface area contributed by atoms with Crippen LogP contribution in [-0.2, 0) is 0 Å². The zero-order valence-corrected chi connectivity index (χ0v) is 15.5. The van der Waals surface area contributed by atoms with Gasteiger partial charge in [-0.25, -0.2) is 0 Å². The molecule has 5 nitrogen and oxygen atoms in total. The van der Waals surface area contributed by atoms with E-state index in [0.717, 1.165) is 25.9 Å². The fraction of sp³-hybridized carbons (Fsp3) is 0.263. The summed E-state index contributed by atoms with van der Waals surface area (Å²) in [6.45, 7) is 1.54. The highest BCUT2D eigenvalue weighted by molar-refractivity contribution is 9.10. The van der Waals surface area contributed by atoms with Crippen LogP contribution in [0.3, 0.4) is 0 Å².